The minimum Gasteiger partial charge on any atom is -0.504 e. The summed E-state index contributed by atoms with van der Waals surface area (Å²) < 4.78 is 52.5. The number of ether oxygens (including phenoxy) is 9. The Morgan fingerprint density at radius 2 is 1.75 bits per heavy atom. The van der Waals surface area contributed by atoms with Crippen LogP contribution in [0.1, 0.15) is 82.6 Å². The summed E-state index contributed by atoms with van der Waals surface area (Å²) >= 11 is 1.39. The van der Waals surface area contributed by atoms with Gasteiger partial charge >= 0.3 is 18.3 Å². The van der Waals surface area contributed by atoms with E-state index in [2.05, 4.69) is 16.8 Å². The number of benzene rings is 3. The van der Waals surface area contributed by atoms with E-state index in [1.165, 1.54) is 26.0 Å². The molecule has 2 fully saturated rings. The number of likely N-dealkylation sites (N-methyl/N-ethyl adjacent to an activating group) is 1. The lowest BCUT2D eigenvalue weighted by Crippen LogP contribution is -2.70. The third-order valence-corrected chi connectivity index (χ3v) is 14.4. The van der Waals surface area contributed by atoms with Gasteiger partial charge in [0.05, 0.1) is 43.9 Å². The normalized spacial score (nSPS) is 26.9. The van der Waals surface area contributed by atoms with Crippen LogP contribution in [-0.2, 0) is 37.4 Å². The van der Waals surface area contributed by atoms with Crippen molar-refractivity contribution in [3.05, 3.63) is 75.5 Å². The lowest BCUT2D eigenvalue weighted by atomic mass is 9.73. The highest BCUT2D eigenvalue weighted by Crippen LogP contribution is 2.64. The molecule has 3 aromatic rings. The van der Waals surface area contributed by atoms with Gasteiger partial charge in [0.1, 0.15) is 24.2 Å². The molecule has 1 unspecified atom stereocenters. The van der Waals surface area contributed by atoms with Gasteiger partial charge in [0.2, 0.25) is 6.79 Å². The molecule has 1 spiro atoms. The lowest BCUT2D eigenvalue weighted by molar-refractivity contribution is -0.186. The highest BCUT2D eigenvalue weighted by molar-refractivity contribution is 7.99. The first kappa shape index (κ1) is 42.9. The number of nitrogens with zero attached hydrogens (tertiary/aromatic N) is 2. The van der Waals surface area contributed by atoms with Crippen LogP contribution >= 0.6 is 11.8 Å². The second kappa shape index (κ2) is 15.7. The van der Waals surface area contributed by atoms with Gasteiger partial charge in [-0.25, -0.2) is 14.4 Å². The molecule has 3 aromatic carbocycles. The molecule has 7 aliphatic rings. The number of phenols is 1. The molecule has 7 atom stereocenters. The standard InChI is InChI=1S/C45H51N3O14S/c1-10-56-42(52)61-36-21(3)37-38(59-19-58-37)30-26-17-57-41(51)45(24-16-27(54-8)28(15-22(24)11-12-46-45)60-43(53)62-44(4,5)6)18-63-39(31(30)36)33-32-29-23(13-20(2)35(55-9)34(29)49)14-25(47(32)7)40(50)48(26)33/h10,13,15-16,25-26,32-33,39-40,46,49-50H,1,11-12,14,17-19H2,2-9H3/t25-,26+,32+,33?,39-,40+,45-/m1/s1. The average Bonchev–Trinajstić information content (AvgIpc) is 3.72. The van der Waals surface area contributed by atoms with E-state index in [0.717, 1.165) is 23.0 Å². The molecule has 7 heterocycles. The first-order valence-corrected chi connectivity index (χ1v) is 21.8. The Morgan fingerprint density at radius 3 is 2.46 bits per heavy atom. The SMILES string of the molecule is C=COC(=O)Oc1c(C)c2c(c3c1[C@H]1SC[C@]4(NCCc5cc(OC(=O)OC(C)(C)C)c(OC)cc54)C(=O)OC[C@@H]3N3C1[C@@H]1c4c(cc(C)c(OC)c4O)C[C@H]([C@@H]3O)N1C)OCO2. The number of hydrogen-bond donors (Lipinski definition) is 3. The number of carbonyl (C=O) groups excluding carboxylic acids is 3. The van der Waals surface area contributed by atoms with Crippen LogP contribution in [-0.4, -0.2) is 109 Å². The fourth-order valence-corrected chi connectivity index (χ4v) is 12.1. The van der Waals surface area contributed by atoms with Crippen molar-refractivity contribution in [3.8, 4) is 40.2 Å². The fourth-order valence-electron chi connectivity index (χ4n) is 10.5. The molecule has 7 aliphatic heterocycles. The largest absolute Gasteiger partial charge is 0.518 e. The summed E-state index contributed by atoms with van der Waals surface area (Å²) in [5, 5.41) is 27.6. The van der Waals surface area contributed by atoms with Crippen molar-refractivity contribution < 1.29 is 67.2 Å². The van der Waals surface area contributed by atoms with Crippen molar-refractivity contribution in [2.45, 2.75) is 94.2 Å². The molecule has 18 heteroatoms. The maximum Gasteiger partial charge on any atom is 0.518 e. The van der Waals surface area contributed by atoms with E-state index in [-0.39, 0.29) is 42.2 Å². The molecule has 63 heavy (non-hydrogen) atoms. The minimum absolute atomic E-state index is 0.00694. The van der Waals surface area contributed by atoms with Crippen LogP contribution in [0.4, 0.5) is 9.59 Å². The van der Waals surface area contributed by atoms with Gasteiger partial charge in [0, 0.05) is 40.6 Å². The summed E-state index contributed by atoms with van der Waals surface area (Å²) in [6.07, 6.45) is -1.21. The summed E-state index contributed by atoms with van der Waals surface area (Å²) in [5.74, 6) is 0.999. The van der Waals surface area contributed by atoms with E-state index >= 15 is 4.79 Å². The Labute approximate surface area is 368 Å². The van der Waals surface area contributed by atoms with E-state index in [4.69, 9.17) is 42.6 Å². The number of hydrogen-bond acceptors (Lipinski definition) is 18. The van der Waals surface area contributed by atoms with Crippen LogP contribution in [0, 0.1) is 13.8 Å². The first-order valence-electron chi connectivity index (χ1n) is 20.7. The molecule has 10 rings (SSSR count). The predicted molar refractivity (Wildman–Crippen MR) is 226 cm³/mol. The highest BCUT2D eigenvalue weighted by Gasteiger charge is 2.61. The number of aliphatic hydroxyl groups excluding tert-OH is 1. The number of piperazine rings is 1. The maximum absolute atomic E-state index is 15.0. The third kappa shape index (κ3) is 6.71. The van der Waals surface area contributed by atoms with Crippen molar-refractivity contribution in [3.63, 3.8) is 0 Å². The molecule has 0 saturated carbocycles. The number of thioether (sulfide) groups is 1. The van der Waals surface area contributed by atoms with E-state index in [9.17, 15) is 19.8 Å². The Balaban J connectivity index is 1.26. The van der Waals surface area contributed by atoms with Gasteiger partial charge in [0.25, 0.3) is 0 Å². The number of nitrogens with one attached hydrogen (secondary N) is 1. The van der Waals surface area contributed by atoms with Crippen LogP contribution in [0.15, 0.2) is 31.0 Å². The number of aryl methyl sites for hydroxylation is 1. The van der Waals surface area contributed by atoms with Crippen LogP contribution in [0.5, 0.6) is 40.2 Å². The Bertz CT molecular complexity index is 2440. The second-order valence-electron chi connectivity index (χ2n) is 17.5. The van der Waals surface area contributed by atoms with Gasteiger partial charge in [-0.2, -0.15) is 0 Å². The molecule has 4 bridgehead atoms. The van der Waals surface area contributed by atoms with Crippen molar-refractivity contribution in [2.75, 3.05) is 47.0 Å². The number of rotatable bonds is 5. The lowest BCUT2D eigenvalue weighted by Gasteiger charge is -2.62. The van der Waals surface area contributed by atoms with E-state index < -0.39 is 65.1 Å². The predicted octanol–water partition coefficient (Wildman–Crippen LogP) is 5.76. The topological polar surface area (TPSA) is 193 Å². The molecule has 17 nitrogen and oxygen atoms in total. The Morgan fingerprint density at radius 1 is 0.984 bits per heavy atom. The van der Waals surface area contributed by atoms with Gasteiger partial charge in [0.15, 0.2) is 40.0 Å². The molecular formula is C45H51N3O14S. The second-order valence-corrected chi connectivity index (χ2v) is 18.6. The number of fused-ring (bicyclic) bond motifs is 9. The number of methoxy groups -OCH3 is 2. The van der Waals surface area contributed by atoms with E-state index in [1.807, 2.05) is 24.9 Å². The maximum atomic E-state index is 15.0. The zero-order valence-corrected chi connectivity index (χ0v) is 37.1. The fraction of sp³-hybridized carbons (Fsp3) is 0.489. The van der Waals surface area contributed by atoms with Crippen molar-refractivity contribution >= 4 is 30.0 Å². The van der Waals surface area contributed by atoms with Gasteiger partial charge in [-0.15, -0.1) is 11.8 Å². The Kier molecular flexibility index (Phi) is 10.7. The van der Waals surface area contributed by atoms with Crippen molar-refractivity contribution in [1.82, 2.24) is 15.1 Å². The summed E-state index contributed by atoms with van der Waals surface area (Å²) in [4.78, 5) is 45.2. The molecule has 2 saturated heterocycles. The van der Waals surface area contributed by atoms with Crippen molar-refractivity contribution in [2.24, 2.45) is 0 Å². The molecule has 0 aliphatic carbocycles. The zero-order chi connectivity index (χ0) is 44.9. The van der Waals surface area contributed by atoms with E-state index in [1.54, 1.807) is 39.8 Å². The van der Waals surface area contributed by atoms with Gasteiger partial charge in [-0.1, -0.05) is 12.6 Å². The Hall–Kier alpha value is -5.40. The summed E-state index contributed by atoms with van der Waals surface area (Å²) in [6, 6.07) is 2.79. The monoisotopic (exact) mass is 889 g/mol. The summed E-state index contributed by atoms with van der Waals surface area (Å²) in [5.41, 5.74) is 2.80. The van der Waals surface area contributed by atoms with Crippen LogP contribution in [0.25, 0.3) is 0 Å². The van der Waals surface area contributed by atoms with Crippen LogP contribution < -0.4 is 33.7 Å². The van der Waals surface area contributed by atoms with Crippen LogP contribution in [0.3, 0.4) is 0 Å². The van der Waals surface area contributed by atoms with Gasteiger partial charge in [-0.05, 0) is 88.9 Å². The summed E-state index contributed by atoms with van der Waals surface area (Å²) in [6.45, 7) is 12.3. The van der Waals surface area contributed by atoms with Gasteiger partial charge in [-0.3, -0.25) is 15.1 Å². The van der Waals surface area contributed by atoms with Crippen molar-refractivity contribution in [1.29, 1.82) is 0 Å². The number of esters is 1. The number of phenolic OH excluding ortho intramolecular Hbond substituents is 1. The first-order chi connectivity index (χ1) is 30.0. The number of aromatic hydroxyl groups is 1. The molecule has 0 radical (unpaired) electrons. The third-order valence-electron chi connectivity index (χ3n) is 13.0. The minimum atomic E-state index is -1.48. The highest BCUT2D eigenvalue weighted by atomic mass is 32.2. The smallest absolute Gasteiger partial charge is 0.504 e. The zero-order valence-electron chi connectivity index (χ0n) is 36.3. The molecule has 336 valence electrons. The molecule has 0 amide bonds. The molecular weight excluding hydrogens is 839 g/mol. The quantitative estimate of drug-likeness (QED) is 0.121. The van der Waals surface area contributed by atoms with Crippen LogP contribution in [0.2, 0.25) is 0 Å². The van der Waals surface area contributed by atoms with E-state index in [0.29, 0.717) is 64.5 Å². The average molecular weight is 890 g/mol. The summed E-state index contributed by atoms with van der Waals surface area (Å²) in [7, 11) is 4.88. The molecule has 3 N–H and O–H groups in total. The number of carbonyl (C=O) groups is 3. The molecule has 0 aromatic heterocycles. The number of aliphatic hydroxyl groups is 1. The van der Waals surface area contributed by atoms with Gasteiger partial charge < -0.3 is 52.8 Å².